The monoisotopic (exact) mass is 291 g/mol. The van der Waals surface area contributed by atoms with E-state index >= 15 is 0 Å². The molecule has 6 heteroatoms. The van der Waals surface area contributed by atoms with Gasteiger partial charge in [0.15, 0.2) is 0 Å². The highest BCUT2D eigenvalue weighted by Crippen LogP contribution is 2.26. The molecular formula is C12H15Cl2NO3. The first kappa shape index (κ1) is 15.2. The highest BCUT2D eigenvalue weighted by molar-refractivity contribution is 6.35. The van der Waals surface area contributed by atoms with Gasteiger partial charge in [-0.3, -0.25) is 9.69 Å². The van der Waals surface area contributed by atoms with Crippen LogP contribution >= 0.6 is 23.2 Å². The van der Waals surface area contributed by atoms with E-state index in [9.17, 15) is 9.90 Å². The second-order valence-corrected chi connectivity index (χ2v) is 4.98. The predicted molar refractivity (Wildman–Crippen MR) is 71.1 cm³/mol. The molecule has 0 radical (unpaired) electrons. The van der Waals surface area contributed by atoms with E-state index in [2.05, 4.69) is 0 Å². The van der Waals surface area contributed by atoms with Crippen LogP contribution in [0.25, 0.3) is 0 Å². The van der Waals surface area contributed by atoms with Crippen molar-refractivity contribution in [2.24, 2.45) is 0 Å². The maximum Gasteiger partial charge on any atom is 0.320 e. The van der Waals surface area contributed by atoms with E-state index in [1.54, 1.807) is 32.2 Å². The maximum absolute atomic E-state index is 10.8. The van der Waals surface area contributed by atoms with E-state index in [-0.39, 0.29) is 6.54 Å². The Balaban J connectivity index is 2.76. The quantitative estimate of drug-likeness (QED) is 0.875. The van der Waals surface area contributed by atoms with E-state index in [4.69, 9.17) is 28.3 Å². The first-order valence-corrected chi connectivity index (χ1v) is 6.14. The number of carboxylic acids is 1. The van der Waals surface area contributed by atoms with E-state index in [1.165, 1.54) is 4.90 Å². The van der Waals surface area contributed by atoms with Crippen LogP contribution in [0.5, 0.6) is 0 Å². The Kier molecular flexibility index (Phi) is 5.41. The Morgan fingerprint density at radius 3 is 2.56 bits per heavy atom. The van der Waals surface area contributed by atoms with Crippen LogP contribution in [-0.2, 0) is 4.79 Å². The molecule has 1 aromatic carbocycles. The fourth-order valence-corrected chi connectivity index (χ4v) is 2.02. The summed E-state index contributed by atoms with van der Waals surface area (Å²) in [6, 6.07) is 4.13. The highest BCUT2D eigenvalue weighted by atomic mass is 35.5. The molecule has 0 aromatic heterocycles. The van der Waals surface area contributed by atoms with Crippen LogP contribution in [0.1, 0.15) is 18.6 Å². The molecule has 2 unspecified atom stereocenters. The fourth-order valence-electron chi connectivity index (χ4n) is 1.49. The Morgan fingerprint density at radius 1 is 1.44 bits per heavy atom. The van der Waals surface area contributed by atoms with Crippen LogP contribution in [0.3, 0.4) is 0 Å². The van der Waals surface area contributed by atoms with Crippen molar-refractivity contribution in [3.05, 3.63) is 33.8 Å². The van der Waals surface area contributed by atoms with Crippen LogP contribution < -0.4 is 0 Å². The van der Waals surface area contributed by atoms with Gasteiger partial charge < -0.3 is 10.2 Å². The molecule has 0 bridgehead atoms. The zero-order chi connectivity index (χ0) is 13.9. The van der Waals surface area contributed by atoms with Gasteiger partial charge in [0.05, 0.1) is 6.10 Å². The van der Waals surface area contributed by atoms with Gasteiger partial charge in [0, 0.05) is 22.2 Å². The molecule has 0 fully saturated rings. The largest absolute Gasteiger partial charge is 0.480 e. The minimum Gasteiger partial charge on any atom is -0.480 e. The lowest BCUT2D eigenvalue weighted by Gasteiger charge is -2.24. The maximum atomic E-state index is 10.8. The Morgan fingerprint density at radius 2 is 2.06 bits per heavy atom. The van der Waals surface area contributed by atoms with E-state index in [0.717, 1.165) is 0 Å². The fraction of sp³-hybridized carbons (Fsp3) is 0.417. The molecule has 0 amide bonds. The first-order valence-electron chi connectivity index (χ1n) is 5.39. The van der Waals surface area contributed by atoms with Gasteiger partial charge in [-0.1, -0.05) is 29.3 Å². The van der Waals surface area contributed by atoms with Gasteiger partial charge >= 0.3 is 5.97 Å². The highest BCUT2D eigenvalue weighted by Gasteiger charge is 2.21. The molecule has 18 heavy (non-hydrogen) atoms. The lowest BCUT2D eigenvalue weighted by molar-refractivity contribution is -0.142. The van der Waals surface area contributed by atoms with Crippen molar-refractivity contribution >= 4 is 29.2 Å². The van der Waals surface area contributed by atoms with Crippen LogP contribution in [0.2, 0.25) is 10.0 Å². The Bertz CT molecular complexity index is 439. The standard InChI is InChI=1S/C12H15Cl2NO3/c1-7(12(17)18)15(2)6-11(16)9-4-3-8(13)5-10(9)14/h3-5,7,11,16H,6H2,1-2H3,(H,17,18). The van der Waals surface area contributed by atoms with Gasteiger partial charge in [0.1, 0.15) is 6.04 Å². The van der Waals surface area contributed by atoms with Gasteiger partial charge in [0.25, 0.3) is 0 Å². The van der Waals surface area contributed by atoms with Gasteiger partial charge in [-0.15, -0.1) is 0 Å². The summed E-state index contributed by atoms with van der Waals surface area (Å²) >= 11 is 11.7. The summed E-state index contributed by atoms with van der Waals surface area (Å²) in [4.78, 5) is 12.3. The summed E-state index contributed by atoms with van der Waals surface area (Å²) in [5.74, 6) is -0.938. The average Bonchev–Trinajstić information content (AvgIpc) is 2.27. The molecule has 0 spiro atoms. The molecule has 1 rings (SSSR count). The van der Waals surface area contributed by atoms with Crippen molar-refractivity contribution in [2.45, 2.75) is 19.1 Å². The second kappa shape index (κ2) is 6.38. The number of nitrogens with zero attached hydrogens (tertiary/aromatic N) is 1. The van der Waals surface area contributed by atoms with Crippen molar-refractivity contribution < 1.29 is 15.0 Å². The molecule has 2 N–H and O–H groups in total. The first-order chi connectivity index (χ1) is 8.32. The van der Waals surface area contributed by atoms with E-state index < -0.39 is 18.1 Å². The van der Waals surface area contributed by atoms with Gasteiger partial charge in [-0.25, -0.2) is 0 Å². The van der Waals surface area contributed by atoms with Gasteiger partial charge in [-0.05, 0) is 26.1 Å². The summed E-state index contributed by atoms with van der Waals surface area (Å²) < 4.78 is 0. The van der Waals surface area contributed by atoms with Crippen LogP contribution in [0.4, 0.5) is 0 Å². The third-order valence-electron chi connectivity index (χ3n) is 2.80. The number of likely N-dealkylation sites (N-methyl/N-ethyl adjacent to an activating group) is 1. The molecule has 0 saturated heterocycles. The minimum absolute atomic E-state index is 0.175. The minimum atomic E-state index is -0.938. The normalized spacial score (nSPS) is 14.6. The summed E-state index contributed by atoms with van der Waals surface area (Å²) in [5, 5.41) is 19.7. The number of benzene rings is 1. The zero-order valence-corrected chi connectivity index (χ0v) is 11.6. The molecule has 0 heterocycles. The number of aliphatic hydroxyl groups excluding tert-OH is 1. The zero-order valence-electron chi connectivity index (χ0n) is 10.1. The lowest BCUT2D eigenvalue weighted by Crippen LogP contribution is -2.38. The van der Waals surface area contributed by atoms with E-state index in [0.29, 0.717) is 15.6 Å². The number of rotatable bonds is 5. The molecule has 0 aliphatic carbocycles. The third kappa shape index (κ3) is 3.85. The van der Waals surface area contributed by atoms with Crippen LogP contribution in [0.15, 0.2) is 18.2 Å². The summed E-state index contributed by atoms with van der Waals surface area (Å²) in [6.07, 6.45) is -0.860. The molecule has 0 aliphatic rings. The van der Waals surface area contributed by atoms with E-state index in [1.807, 2.05) is 0 Å². The van der Waals surface area contributed by atoms with Crippen molar-refractivity contribution in [3.8, 4) is 0 Å². The van der Waals surface area contributed by atoms with Crippen molar-refractivity contribution in [1.82, 2.24) is 4.90 Å². The van der Waals surface area contributed by atoms with Crippen LogP contribution in [-0.4, -0.2) is 40.7 Å². The van der Waals surface area contributed by atoms with Gasteiger partial charge in [0.2, 0.25) is 0 Å². The van der Waals surface area contributed by atoms with Gasteiger partial charge in [-0.2, -0.15) is 0 Å². The number of carbonyl (C=O) groups is 1. The molecule has 4 nitrogen and oxygen atoms in total. The number of hydrogen-bond acceptors (Lipinski definition) is 3. The molecule has 100 valence electrons. The molecule has 1 aromatic rings. The predicted octanol–water partition coefficient (Wildman–Crippen LogP) is 2.43. The number of aliphatic carboxylic acids is 1. The molecule has 0 saturated carbocycles. The lowest BCUT2D eigenvalue weighted by atomic mass is 10.1. The summed E-state index contributed by atoms with van der Waals surface area (Å²) in [5.41, 5.74) is 0.533. The SMILES string of the molecule is CC(C(=O)O)N(C)CC(O)c1ccc(Cl)cc1Cl. The molecule has 2 atom stereocenters. The third-order valence-corrected chi connectivity index (χ3v) is 3.36. The van der Waals surface area contributed by atoms with Crippen molar-refractivity contribution in [3.63, 3.8) is 0 Å². The molecular weight excluding hydrogens is 277 g/mol. The number of aliphatic hydroxyl groups is 1. The summed E-state index contributed by atoms with van der Waals surface area (Å²) in [6.45, 7) is 1.73. The van der Waals surface area contributed by atoms with Crippen LogP contribution in [0, 0.1) is 0 Å². The number of hydrogen-bond donors (Lipinski definition) is 2. The number of halogens is 2. The number of carboxylic acid groups (broad SMARTS) is 1. The second-order valence-electron chi connectivity index (χ2n) is 4.14. The van der Waals surface area contributed by atoms with Crippen molar-refractivity contribution in [2.75, 3.05) is 13.6 Å². The average molecular weight is 292 g/mol. The van der Waals surface area contributed by atoms with Crippen molar-refractivity contribution in [1.29, 1.82) is 0 Å². The smallest absolute Gasteiger partial charge is 0.320 e. The molecule has 0 aliphatic heterocycles. The summed E-state index contributed by atoms with van der Waals surface area (Å²) in [7, 11) is 1.63. The Labute approximate surface area is 116 Å². The Hall–Kier alpha value is -0.810. The topological polar surface area (TPSA) is 60.8 Å².